The molecule has 1 amide bonds. The Kier molecular flexibility index (Phi) is 5.92. The van der Waals surface area contributed by atoms with E-state index in [1.165, 1.54) is 10.4 Å². The number of nitrogens with one attached hydrogen (secondary N) is 1. The molecule has 0 aromatic heterocycles. The van der Waals surface area contributed by atoms with Gasteiger partial charge in [0.2, 0.25) is 10.0 Å². The lowest BCUT2D eigenvalue weighted by Crippen LogP contribution is -2.31. The summed E-state index contributed by atoms with van der Waals surface area (Å²) in [6.45, 7) is 5.84. The van der Waals surface area contributed by atoms with Gasteiger partial charge in [0.1, 0.15) is 5.82 Å². The van der Waals surface area contributed by atoms with Gasteiger partial charge in [0.05, 0.1) is 10.5 Å². The molecule has 0 bridgehead atoms. The summed E-state index contributed by atoms with van der Waals surface area (Å²) in [6.07, 6.45) is 0. The Balaban J connectivity index is 2.39. The molecule has 2 rings (SSSR count). The van der Waals surface area contributed by atoms with Gasteiger partial charge in [-0.15, -0.1) is 0 Å². The third kappa shape index (κ3) is 4.05. The summed E-state index contributed by atoms with van der Waals surface area (Å²) in [4.78, 5) is 12.3. The second-order valence-corrected chi connectivity index (χ2v) is 7.44. The molecule has 0 fully saturated rings. The number of hydrogen-bond donors (Lipinski definition) is 1. The summed E-state index contributed by atoms with van der Waals surface area (Å²) < 4.78 is 40.5. The van der Waals surface area contributed by atoms with Crippen molar-refractivity contribution in [1.82, 2.24) is 4.31 Å². The molecule has 5 nitrogen and oxygen atoms in total. The molecular formula is C18H21FN2O3S. The molecule has 25 heavy (non-hydrogen) atoms. The number of nitrogens with zero attached hydrogens (tertiary/aromatic N) is 1. The highest BCUT2D eigenvalue weighted by molar-refractivity contribution is 7.89. The van der Waals surface area contributed by atoms with Crippen LogP contribution in [0.2, 0.25) is 0 Å². The van der Waals surface area contributed by atoms with Crippen molar-refractivity contribution in [2.24, 2.45) is 0 Å². The molecule has 0 saturated heterocycles. The average Bonchev–Trinajstić information content (AvgIpc) is 2.58. The second kappa shape index (κ2) is 7.76. The quantitative estimate of drug-likeness (QED) is 0.854. The van der Waals surface area contributed by atoms with Crippen LogP contribution in [0.25, 0.3) is 0 Å². The molecule has 0 atom stereocenters. The Morgan fingerprint density at radius 1 is 1.12 bits per heavy atom. The number of aryl methyl sites for hydroxylation is 1. The highest BCUT2D eigenvalue weighted by Crippen LogP contribution is 2.21. The minimum absolute atomic E-state index is 0.104. The van der Waals surface area contributed by atoms with Crippen LogP contribution >= 0.6 is 0 Å². The van der Waals surface area contributed by atoms with Crippen LogP contribution in [0.15, 0.2) is 47.4 Å². The van der Waals surface area contributed by atoms with Crippen LogP contribution in [-0.2, 0) is 10.0 Å². The first-order valence-electron chi connectivity index (χ1n) is 7.98. The fourth-order valence-corrected chi connectivity index (χ4v) is 3.94. The lowest BCUT2D eigenvalue weighted by molar-refractivity contribution is 0.102. The fraction of sp³-hybridized carbons (Fsp3) is 0.278. The van der Waals surface area contributed by atoms with E-state index in [1.54, 1.807) is 26.0 Å². The standard InChI is InChI=1S/C18H21FN2O3S/c1-4-21(5-2)25(23,24)14-10-11-16(19)15(12-14)18(22)20-17-9-7-6-8-13(17)3/h6-12H,4-5H2,1-3H3,(H,20,22). The predicted octanol–water partition coefficient (Wildman–Crippen LogP) is 3.42. The van der Waals surface area contributed by atoms with Crippen molar-refractivity contribution in [2.75, 3.05) is 18.4 Å². The van der Waals surface area contributed by atoms with E-state index < -0.39 is 21.7 Å². The molecule has 0 heterocycles. The van der Waals surface area contributed by atoms with Gasteiger partial charge in [-0.05, 0) is 36.8 Å². The van der Waals surface area contributed by atoms with Gasteiger partial charge in [-0.2, -0.15) is 4.31 Å². The number of amides is 1. The highest BCUT2D eigenvalue weighted by Gasteiger charge is 2.24. The number of carbonyl (C=O) groups excluding carboxylic acids is 1. The summed E-state index contributed by atoms with van der Waals surface area (Å²) >= 11 is 0. The molecule has 0 spiro atoms. The Bertz CT molecular complexity index is 878. The molecule has 0 aliphatic rings. The van der Waals surface area contributed by atoms with Gasteiger partial charge in [0.25, 0.3) is 5.91 Å². The molecule has 0 aliphatic heterocycles. The topological polar surface area (TPSA) is 66.5 Å². The van der Waals surface area contributed by atoms with Crippen LogP contribution in [0.1, 0.15) is 29.8 Å². The fourth-order valence-electron chi connectivity index (χ4n) is 2.45. The normalized spacial score (nSPS) is 11.6. The first kappa shape index (κ1) is 19.1. The lowest BCUT2D eigenvalue weighted by Gasteiger charge is -2.19. The largest absolute Gasteiger partial charge is 0.322 e. The Morgan fingerprint density at radius 2 is 1.76 bits per heavy atom. The summed E-state index contributed by atoms with van der Waals surface area (Å²) in [6, 6.07) is 10.3. The van der Waals surface area contributed by atoms with Gasteiger partial charge in [-0.25, -0.2) is 12.8 Å². The Labute approximate surface area is 147 Å². The van der Waals surface area contributed by atoms with Crippen LogP contribution in [-0.4, -0.2) is 31.7 Å². The van der Waals surface area contributed by atoms with Crippen LogP contribution in [0.3, 0.4) is 0 Å². The minimum atomic E-state index is -3.77. The van der Waals surface area contributed by atoms with Gasteiger partial charge in [-0.3, -0.25) is 4.79 Å². The predicted molar refractivity (Wildman–Crippen MR) is 95.6 cm³/mol. The molecular weight excluding hydrogens is 343 g/mol. The number of carbonyl (C=O) groups is 1. The highest BCUT2D eigenvalue weighted by atomic mass is 32.2. The van der Waals surface area contributed by atoms with E-state index in [-0.39, 0.29) is 10.5 Å². The zero-order chi connectivity index (χ0) is 18.6. The molecule has 134 valence electrons. The third-order valence-electron chi connectivity index (χ3n) is 3.92. The maximum Gasteiger partial charge on any atom is 0.258 e. The number of hydrogen-bond acceptors (Lipinski definition) is 3. The van der Waals surface area contributed by atoms with E-state index in [9.17, 15) is 17.6 Å². The first-order chi connectivity index (χ1) is 11.8. The first-order valence-corrected chi connectivity index (χ1v) is 9.42. The van der Waals surface area contributed by atoms with Gasteiger partial charge >= 0.3 is 0 Å². The maximum absolute atomic E-state index is 14.1. The molecule has 1 N–H and O–H groups in total. The number of anilines is 1. The van der Waals surface area contributed by atoms with E-state index in [2.05, 4.69) is 5.32 Å². The van der Waals surface area contributed by atoms with Crippen molar-refractivity contribution < 1.29 is 17.6 Å². The molecule has 0 saturated carbocycles. The van der Waals surface area contributed by atoms with Crippen LogP contribution in [0.4, 0.5) is 10.1 Å². The number of benzene rings is 2. The van der Waals surface area contributed by atoms with Crippen molar-refractivity contribution in [3.05, 3.63) is 59.4 Å². The Hall–Kier alpha value is -2.25. The minimum Gasteiger partial charge on any atom is -0.322 e. The number of para-hydroxylation sites is 1. The number of sulfonamides is 1. The zero-order valence-electron chi connectivity index (χ0n) is 14.4. The maximum atomic E-state index is 14.1. The van der Waals surface area contributed by atoms with Gasteiger partial charge in [-0.1, -0.05) is 32.0 Å². The van der Waals surface area contributed by atoms with E-state index in [0.717, 1.165) is 17.7 Å². The van der Waals surface area contributed by atoms with Crippen molar-refractivity contribution in [3.63, 3.8) is 0 Å². The van der Waals surface area contributed by atoms with E-state index in [0.29, 0.717) is 18.8 Å². The number of rotatable bonds is 6. The van der Waals surface area contributed by atoms with E-state index >= 15 is 0 Å². The van der Waals surface area contributed by atoms with Crippen molar-refractivity contribution >= 4 is 21.6 Å². The molecule has 0 aliphatic carbocycles. The summed E-state index contributed by atoms with van der Waals surface area (Å²) in [5.41, 5.74) is 1.06. The van der Waals surface area contributed by atoms with Gasteiger partial charge < -0.3 is 5.32 Å². The van der Waals surface area contributed by atoms with E-state index in [4.69, 9.17) is 0 Å². The number of halogens is 1. The third-order valence-corrected chi connectivity index (χ3v) is 5.96. The molecule has 2 aromatic rings. The van der Waals surface area contributed by atoms with Gasteiger partial charge in [0.15, 0.2) is 0 Å². The van der Waals surface area contributed by atoms with Crippen LogP contribution in [0.5, 0.6) is 0 Å². The zero-order valence-corrected chi connectivity index (χ0v) is 15.2. The van der Waals surface area contributed by atoms with Crippen molar-refractivity contribution in [1.29, 1.82) is 0 Å². The van der Waals surface area contributed by atoms with Crippen LogP contribution in [0, 0.1) is 12.7 Å². The van der Waals surface area contributed by atoms with Gasteiger partial charge in [0, 0.05) is 18.8 Å². The molecule has 7 heteroatoms. The van der Waals surface area contributed by atoms with Crippen molar-refractivity contribution in [2.45, 2.75) is 25.7 Å². The summed E-state index contributed by atoms with van der Waals surface area (Å²) in [5, 5.41) is 2.62. The summed E-state index contributed by atoms with van der Waals surface area (Å²) in [7, 11) is -3.77. The molecule has 2 aromatic carbocycles. The second-order valence-electron chi connectivity index (χ2n) is 5.50. The monoisotopic (exact) mass is 364 g/mol. The molecule has 0 unspecified atom stereocenters. The smallest absolute Gasteiger partial charge is 0.258 e. The van der Waals surface area contributed by atoms with Crippen LogP contribution < -0.4 is 5.32 Å². The lowest BCUT2D eigenvalue weighted by atomic mass is 10.1. The summed E-state index contributed by atoms with van der Waals surface area (Å²) in [5.74, 6) is -1.46. The van der Waals surface area contributed by atoms with E-state index in [1.807, 2.05) is 19.1 Å². The Morgan fingerprint density at radius 3 is 2.36 bits per heavy atom. The SMILES string of the molecule is CCN(CC)S(=O)(=O)c1ccc(F)c(C(=O)Nc2ccccc2C)c1. The van der Waals surface area contributed by atoms with Crippen molar-refractivity contribution in [3.8, 4) is 0 Å². The average molecular weight is 364 g/mol. The molecule has 0 radical (unpaired) electrons.